The summed E-state index contributed by atoms with van der Waals surface area (Å²) < 4.78 is 0. The van der Waals surface area contributed by atoms with Crippen LogP contribution in [0, 0.1) is 5.92 Å². The molecule has 0 rings (SSSR count). The molecular weight excluding hydrogens is 250 g/mol. The number of rotatable bonds is 8. The van der Waals surface area contributed by atoms with Crippen LogP contribution in [-0.2, 0) is 9.59 Å². The molecule has 0 saturated carbocycles. The van der Waals surface area contributed by atoms with Crippen molar-refractivity contribution in [3.05, 3.63) is 0 Å². The van der Waals surface area contributed by atoms with Crippen LogP contribution in [0.3, 0.4) is 0 Å². The number of carboxylic acids is 1. The van der Waals surface area contributed by atoms with Gasteiger partial charge in [0.1, 0.15) is 0 Å². The van der Waals surface area contributed by atoms with Crippen LogP contribution in [0.25, 0.3) is 0 Å². The van der Waals surface area contributed by atoms with Crippen LogP contribution in [0.2, 0.25) is 0 Å². The van der Waals surface area contributed by atoms with E-state index >= 15 is 0 Å². The fourth-order valence-corrected chi connectivity index (χ4v) is 1.46. The van der Waals surface area contributed by atoms with E-state index in [1.165, 1.54) is 7.05 Å². The minimum atomic E-state index is -0.787. The van der Waals surface area contributed by atoms with Gasteiger partial charge in [0.2, 0.25) is 5.91 Å². The van der Waals surface area contributed by atoms with Gasteiger partial charge in [-0.15, -0.1) is 0 Å². The summed E-state index contributed by atoms with van der Waals surface area (Å²) in [6.45, 7) is 3.65. The van der Waals surface area contributed by atoms with Crippen molar-refractivity contribution in [2.24, 2.45) is 5.92 Å². The van der Waals surface area contributed by atoms with E-state index in [1.54, 1.807) is 6.92 Å². The van der Waals surface area contributed by atoms with Crippen LogP contribution in [0.15, 0.2) is 0 Å². The molecule has 7 nitrogen and oxygen atoms in total. The van der Waals surface area contributed by atoms with Crippen molar-refractivity contribution in [1.82, 2.24) is 16.0 Å². The zero-order valence-electron chi connectivity index (χ0n) is 11.7. The van der Waals surface area contributed by atoms with Crippen molar-refractivity contribution < 1.29 is 19.5 Å². The third-order valence-electron chi connectivity index (χ3n) is 2.79. The summed E-state index contributed by atoms with van der Waals surface area (Å²) in [5.41, 5.74) is 0. The molecule has 0 aromatic heterocycles. The number of urea groups is 1. The van der Waals surface area contributed by atoms with E-state index in [0.29, 0.717) is 6.42 Å². The Labute approximate surface area is 113 Å². The molecule has 0 spiro atoms. The number of hydrogen-bond acceptors (Lipinski definition) is 4. The zero-order valence-corrected chi connectivity index (χ0v) is 11.7. The van der Waals surface area contributed by atoms with Gasteiger partial charge in [-0.3, -0.25) is 14.9 Å². The predicted octanol–water partition coefficient (Wildman–Crippen LogP) is 0.311. The summed E-state index contributed by atoms with van der Waals surface area (Å²) in [6, 6.07) is -0.439. The lowest BCUT2D eigenvalue weighted by molar-refractivity contribution is -0.141. The Morgan fingerprint density at radius 2 is 1.79 bits per heavy atom. The van der Waals surface area contributed by atoms with Crippen LogP contribution >= 0.6 is 0 Å². The van der Waals surface area contributed by atoms with Gasteiger partial charge in [0.05, 0.1) is 12.5 Å². The Bertz CT molecular complexity index is 320. The van der Waals surface area contributed by atoms with Crippen molar-refractivity contribution in [3.63, 3.8) is 0 Å². The van der Waals surface area contributed by atoms with Crippen LogP contribution < -0.4 is 16.0 Å². The van der Waals surface area contributed by atoms with Gasteiger partial charge in [-0.1, -0.05) is 13.3 Å². The third kappa shape index (κ3) is 9.01. The van der Waals surface area contributed by atoms with Crippen molar-refractivity contribution in [1.29, 1.82) is 0 Å². The predicted molar refractivity (Wildman–Crippen MR) is 70.7 cm³/mol. The standard InChI is InChI=1S/C12H23N3O4/c1-8(11(17)18)5-4-6-9(2)14-7-10(16)15-12(19)13-3/h8-9,14H,4-7H2,1-3H3,(H,17,18)(H2,13,15,16,19). The third-order valence-corrected chi connectivity index (χ3v) is 2.79. The van der Waals surface area contributed by atoms with Gasteiger partial charge in [0.15, 0.2) is 0 Å². The van der Waals surface area contributed by atoms with Gasteiger partial charge in [-0.05, 0) is 19.8 Å². The van der Waals surface area contributed by atoms with Crippen LogP contribution in [0.5, 0.6) is 0 Å². The minimum absolute atomic E-state index is 0.0586. The summed E-state index contributed by atoms with van der Waals surface area (Å²) >= 11 is 0. The SMILES string of the molecule is CNC(=O)NC(=O)CNC(C)CCCC(C)C(=O)O. The summed E-state index contributed by atoms with van der Waals surface area (Å²) in [5, 5.41) is 16.1. The second-order valence-electron chi connectivity index (χ2n) is 4.58. The number of hydrogen-bond donors (Lipinski definition) is 4. The maximum Gasteiger partial charge on any atom is 0.321 e. The van der Waals surface area contributed by atoms with Gasteiger partial charge in [0.25, 0.3) is 0 Å². The van der Waals surface area contributed by atoms with Crippen LogP contribution in [0.1, 0.15) is 33.1 Å². The van der Waals surface area contributed by atoms with Crippen LogP contribution in [0.4, 0.5) is 4.79 Å². The van der Waals surface area contributed by atoms with Crippen molar-refractivity contribution in [2.75, 3.05) is 13.6 Å². The quantitative estimate of drug-likeness (QED) is 0.509. The molecule has 0 bridgehead atoms. The van der Waals surface area contributed by atoms with E-state index in [2.05, 4.69) is 16.0 Å². The summed E-state index contributed by atoms with van der Waals surface area (Å²) in [7, 11) is 1.43. The number of nitrogens with one attached hydrogen (secondary N) is 3. The molecule has 0 saturated heterocycles. The Balaban J connectivity index is 3.69. The van der Waals surface area contributed by atoms with E-state index in [-0.39, 0.29) is 18.5 Å². The fraction of sp³-hybridized carbons (Fsp3) is 0.750. The first-order valence-corrected chi connectivity index (χ1v) is 6.34. The lowest BCUT2D eigenvalue weighted by atomic mass is 10.0. The van der Waals surface area contributed by atoms with Gasteiger partial charge < -0.3 is 15.7 Å². The molecule has 0 radical (unpaired) electrons. The first kappa shape index (κ1) is 17.4. The number of amides is 3. The molecule has 0 fully saturated rings. The van der Waals surface area contributed by atoms with E-state index in [9.17, 15) is 14.4 Å². The van der Waals surface area contributed by atoms with Crippen molar-refractivity contribution in [2.45, 2.75) is 39.2 Å². The Morgan fingerprint density at radius 3 is 2.32 bits per heavy atom. The molecule has 2 atom stereocenters. The molecule has 0 heterocycles. The lowest BCUT2D eigenvalue weighted by Crippen LogP contribution is -2.43. The molecule has 19 heavy (non-hydrogen) atoms. The van der Waals surface area contributed by atoms with E-state index in [1.807, 2.05) is 6.92 Å². The van der Waals surface area contributed by atoms with Crippen molar-refractivity contribution >= 4 is 17.9 Å². The zero-order chi connectivity index (χ0) is 14.8. The number of aliphatic carboxylic acids is 1. The molecule has 0 aliphatic heterocycles. The molecule has 0 aliphatic carbocycles. The highest BCUT2D eigenvalue weighted by Gasteiger charge is 2.12. The van der Waals surface area contributed by atoms with Gasteiger partial charge in [-0.2, -0.15) is 0 Å². The monoisotopic (exact) mass is 273 g/mol. The average molecular weight is 273 g/mol. The summed E-state index contributed by atoms with van der Waals surface area (Å²) in [6.07, 6.45) is 2.18. The molecule has 2 unspecified atom stereocenters. The Morgan fingerprint density at radius 1 is 1.16 bits per heavy atom. The first-order chi connectivity index (χ1) is 8.86. The normalized spacial score (nSPS) is 13.4. The lowest BCUT2D eigenvalue weighted by Gasteiger charge is -2.14. The first-order valence-electron chi connectivity index (χ1n) is 6.34. The second-order valence-corrected chi connectivity index (χ2v) is 4.58. The summed E-state index contributed by atoms with van der Waals surface area (Å²) in [4.78, 5) is 32.7. The highest BCUT2D eigenvalue weighted by atomic mass is 16.4. The molecule has 0 aromatic carbocycles. The Hall–Kier alpha value is -1.63. The molecular formula is C12H23N3O4. The molecule has 7 heteroatoms. The maximum atomic E-state index is 11.3. The summed E-state index contributed by atoms with van der Waals surface area (Å²) in [5.74, 6) is -1.53. The largest absolute Gasteiger partial charge is 0.481 e. The number of carbonyl (C=O) groups excluding carboxylic acids is 2. The van der Waals surface area contributed by atoms with Gasteiger partial charge in [-0.25, -0.2) is 4.79 Å². The van der Waals surface area contributed by atoms with Gasteiger partial charge in [0, 0.05) is 13.1 Å². The Kier molecular flexibility index (Phi) is 8.52. The minimum Gasteiger partial charge on any atom is -0.481 e. The molecule has 0 aliphatic rings. The number of carboxylic acid groups (broad SMARTS) is 1. The molecule has 3 amide bonds. The topological polar surface area (TPSA) is 108 Å². The maximum absolute atomic E-state index is 11.3. The van der Waals surface area contributed by atoms with E-state index < -0.39 is 17.9 Å². The molecule has 0 aromatic rings. The highest BCUT2D eigenvalue weighted by Crippen LogP contribution is 2.09. The van der Waals surface area contributed by atoms with Crippen molar-refractivity contribution in [3.8, 4) is 0 Å². The highest BCUT2D eigenvalue weighted by molar-refractivity contribution is 5.95. The van der Waals surface area contributed by atoms with E-state index in [0.717, 1.165) is 12.8 Å². The van der Waals surface area contributed by atoms with Crippen LogP contribution in [-0.4, -0.2) is 42.6 Å². The molecule has 110 valence electrons. The molecule has 4 N–H and O–H groups in total. The average Bonchev–Trinajstić information content (AvgIpc) is 2.35. The second kappa shape index (κ2) is 9.32. The van der Waals surface area contributed by atoms with E-state index in [4.69, 9.17) is 5.11 Å². The number of imide groups is 1. The number of carbonyl (C=O) groups is 3. The van der Waals surface area contributed by atoms with Gasteiger partial charge >= 0.3 is 12.0 Å². The smallest absolute Gasteiger partial charge is 0.321 e. The fourth-order valence-electron chi connectivity index (χ4n) is 1.46.